The maximum Gasteiger partial charge on any atom is 0.252 e. The molecule has 8 heteroatoms. The third-order valence-corrected chi connectivity index (χ3v) is 7.27. The molecule has 198 valence electrons. The molecule has 4 aromatic rings. The minimum Gasteiger partial charge on any atom is -0.497 e. The summed E-state index contributed by atoms with van der Waals surface area (Å²) < 4.78 is 5.31. The summed E-state index contributed by atoms with van der Waals surface area (Å²) in [6.07, 6.45) is 0.411. The first kappa shape index (κ1) is 26.6. The lowest BCUT2D eigenvalue weighted by Gasteiger charge is -2.26. The second kappa shape index (κ2) is 11.4. The molecule has 0 bridgehead atoms. The molecule has 0 aliphatic carbocycles. The first-order valence-corrected chi connectivity index (χ1v) is 13.3. The summed E-state index contributed by atoms with van der Waals surface area (Å²) in [5.41, 5.74) is 12.5. The van der Waals surface area contributed by atoms with E-state index in [0.29, 0.717) is 34.4 Å². The van der Waals surface area contributed by atoms with Crippen molar-refractivity contribution in [3.05, 3.63) is 117 Å². The molecule has 0 spiro atoms. The Labute approximate surface area is 238 Å². The number of carbonyl (C=O) groups excluding carboxylic acids is 1. The molecule has 0 saturated carbocycles. The number of aliphatic imine (C=N–C) groups is 1. The number of nitrogens with zero attached hydrogens (tertiary/aromatic N) is 2. The van der Waals surface area contributed by atoms with Crippen LogP contribution in [0.5, 0.6) is 5.75 Å². The third kappa shape index (κ3) is 5.72. The highest BCUT2D eigenvalue weighted by molar-refractivity contribution is 6.32. The van der Waals surface area contributed by atoms with Crippen LogP contribution in [0.1, 0.15) is 22.3 Å². The van der Waals surface area contributed by atoms with Crippen LogP contribution in [0.2, 0.25) is 10.0 Å². The maximum absolute atomic E-state index is 14.2. The highest BCUT2D eigenvalue weighted by Crippen LogP contribution is 2.34. The fourth-order valence-electron chi connectivity index (χ4n) is 4.72. The van der Waals surface area contributed by atoms with Crippen molar-refractivity contribution in [2.45, 2.75) is 19.0 Å². The second-order valence-corrected chi connectivity index (χ2v) is 10.2. The van der Waals surface area contributed by atoms with Crippen molar-refractivity contribution < 1.29 is 9.53 Å². The zero-order chi connectivity index (χ0) is 27.5. The molecule has 39 heavy (non-hydrogen) atoms. The van der Waals surface area contributed by atoms with Crippen LogP contribution in [-0.2, 0) is 17.8 Å². The number of rotatable bonds is 7. The molecule has 1 aliphatic rings. The predicted octanol–water partition coefficient (Wildman–Crippen LogP) is 6.62. The summed E-state index contributed by atoms with van der Waals surface area (Å²) in [6.45, 7) is 0.362. The molecule has 3 N–H and O–H groups in total. The van der Waals surface area contributed by atoms with Gasteiger partial charge in [-0.25, -0.2) is 0 Å². The quantitative estimate of drug-likeness (QED) is 0.250. The number of anilines is 3. The zero-order valence-corrected chi connectivity index (χ0v) is 23.1. The van der Waals surface area contributed by atoms with E-state index in [1.165, 1.54) is 0 Å². The van der Waals surface area contributed by atoms with Crippen LogP contribution < -0.4 is 20.7 Å². The van der Waals surface area contributed by atoms with Crippen molar-refractivity contribution in [2.24, 2.45) is 4.99 Å². The number of amides is 1. The van der Waals surface area contributed by atoms with Crippen molar-refractivity contribution in [3.8, 4) is 5.75 Å². The molecule has 1 unspecified atom stereocenters. The van der Waals surface area contributed by atoms with Gasteiger partial charge in [-0.3, -0.25) is 9.79 Å². The van der Waals surface area contributed by atoms with Gasteiger partial charge in [0.25, 0.3) is 5.91 Å². The van der Waals surface area contributed by atoms with Crippen LogP contribution in [0.25, 0.3) is 0 Å². The van der Waals surface area contributed by atoms with Gasteiger partial charge in [0, 0.05) is 34.6 Å². The molecular weight excluding hydrogens is 531 g/mol. The Balaban J connectivity index is 1.66. The highest BCUT2D eigenvalue weighted by Gasteiger charge is 2.32. The average molecular weight is 559 g/mol. The summed E-state index contributed by atoms with van der Waals surface area (Å²) in [5.74, 6) is 0.645. The maximum atomic E-state index is 14.2. The van der Waals surface area contributed by atoms with E-state index in [2.05, 4.69) is 5.32 Å². The smallest absolute Gasteiger partial charge is 0.252 e. The van der Waals surface area contributed by atoms with Crippen LogP contribution in [0.3, 0.4) is 0 Å². The van der Waals surface area contributed by atoms with E-state index in [1.807, 2.05) is 85.9 Å². The lowest BCUT2D eigenvalue weighted by Crippen LogP contribution is -2.38. The second-order valence-electron chi connectivity index (χ2n) is 9.31. The first-order chi connectivity index (χ1) is 18.9. The van der Waals surface area contributed by atoms with Gasteiger partial charge in [0.15, 0.2) is 0 Å². The van der Waals surface area contributed by atoms with Gasteiger partial charge in [-0.05, 0) is 65.7 Å². The van der Waals surface area contributed by atoms with Gasteiger partial charge in [0.2, 0.25) is 0 Å². The van der Waals surface area contributed by atoms with E-state index in [0.717, 1.165) is 39.4 Å². The van der Waals surface area contributed by atoms with E-state index in [1.54, 1.807) is 18.1 Å². The molecule has 4 aromatic carbocycles. The molecule has 0 fully saturated rings. The fraction of sp³-hybridized carbons (Fsp3) is 0.161. The monoisotopic (exact) mass is 558 g/mol. The van der Waals surface area contributed by atoms with Gasteiger partial charge >= 0.3 is 0 Å². The van der Waals surface area contributed by atoms with E-state index in [-0.39, 0.29) is 5.91 Å². The summed E-state index contributed by atoms with van der Waals surface area (Å²) in [4.78, 5) is 21.1. The van der Waals surface area contributed by atoms with Crippen LogP contribution in [0.15, 0.2) is 89.9 Å². The molecule has 1 aliphatic heterocycles. The van der Waals surface area contributed by atoms with Crippen molar-refractivity contribution in [2.75, 3.05) is 30.1 Å². The van der Waals surface area contributed by atoms with Crippen molar-refractivity contribution in [1.29, 1.82) is 0 Å². The van der Waals surface area contributed by atoms with Crippen LogP contribution >= 0.6 is 23.2 Å². The molecule has 5 rings (SSSR count). The Hall–Kier alpha value is -4.00. The van der Waals surface area contributed by atoms with Crippen molar-refractivity contribution >= 4 is 51.9 Å². The van der Waals surface area contributed by atoms with Crippen molar-refractivity contribution in [1.82, 2.24) is 0 Å². The summed E-state index contributed by atoms with van der Waals surface area (Å²) in [5, 5.41) is 4.33. The van der Waals surface area contributed by atoms with E-state index < -0.39 is 6.04 Å². The third-order valence-electron chi connectivity index (χ3n) is 6.78. The molecule has 0 saturated heterocycles. The molecular formula is C31H28Cl2N4O2. The molecule has 1 amide bonds. The van der Waals surface area contributed by atoms with Gasteiger partial charge < -0.3 is 20.7 Å². The molecule has 1 atom stereocenters. The lowest BCUT2D eigenvalue weighted by atomic mass is 9.99. The van der Waals surface area contributed by atoms with Crippen LogP contribution in [0.4, 0.5) is 17.1 Å². The topological polar surface area (TPSA) is 80.0 Å². The normalized spacial score (nSPS) is 14.9. The van der Waals surface area contributed by atoms with E-state index in [4.69, 9.17) is 38.7 Å². The number of nitrogens with one attached hydrogen (secondary N) is 1. The minimum absolute atomic E-state index is 0.108. The predicted molar refractivity (Wildman–Crippen MR) is 161 cm³/mol. The lowest BCUT2D eigenvalue weighted by molar-refractivity contribution is -0.119. The Morgan fingerprint density at radius 3 is 2.31 bits per heavy atom. The minimum atomic E-state index is -0.679. The van der Waals surface area contributed by atoms with Crippen LogP contribution in [0, 0.1) is 0 Å². The van der Waals surface area contributed by atoms with E-state index >= 15 is 0 Å². The van der Waals surface area contributed by atoms with E-state index in [9.17, 15) is 4.79 Å². The zero-order valence-electron chi connectivity index (χ0n) is 21.6. The number of carbonyl (C=O) groups is 1. The summed E-state index contributed by atoms with van der Waals surface area (Å²) in [7, 11) is 3.45. The van der Waals surface area contributed by atoms with Gasteiger partial charge in [0.1, 0.15) is 11.8 Å². The number of methoxy groups -OCH3 is 1. The molecule has 6 nitrogen and oxygen atoms in total. The Morgan fingerprint density at radius 1 is 0.923 bits per heavy atom. The number of hydrogen-bond acceptors (Lipinski definition) is 5. The number of nitrogen functional groups attached to an aromatic ring is 1. The number of benzodiazepines with no additional fused rings is 1. The number of hydrogen-bond donors (Lipinski definition) is 2. The number of fused-ring (bicyclic) bond motifs is 1. The Bertz CT molecular complexity index is 1540. The van der Waals surface area contributed by atoms with Crippen molar-refractivity contribution in [3.63, 3.8) is 0 Å². The SMILES string of the molecule is CNc1cc(C2=NC(Cc3ccc(Cl)cc3)C(=O)N(Cc3ccc(OC)cc3)c3ccc(Cl)cc32)ccc1N. The van der Waals surface area contributed by atoms with Crippen LogP contribution in [-0.4, -0.2) is 31.8 Å². The van der Waals surface area contributed by atoms with Gasteiger partial charge in [0.05, 0.1) is 36.4 Å². The number of halogens is 2. The van der Waals surface area contributed by atoms with Gasteiger partial charge in [-0.1, -0.05) is 53.5 Å². The Morgan fingerprint density at radius 2 is 1.62 bits per heavy atom. The number of ether oxygens (including phenoxy) is 1. The first-order valence-electron chi connectivity index (χ1n) is 12.5. The summed E-state index contributed by atoms with van der Waals surface area (Å²) in [6, 6.07) is 25.8. The largest absolute Gasteiger partial charge is 0.497 e. The fourth-order valence-corrected chi connectivity index (χ4v) is 5.01. The van der Waals surface area contributed by atoms with Gasteiger partial charge in [-0.2, -0.15) is 0 Å². The molecule has 1 heterocycles. The molecule has 0 aromatic heterocycles. The number of benzene rings is 4. The van der Waals surface area contributed by atoms with Gasteiger partial charge in [-0.15, -0.1) is 0 Å². The highest BCUT2D eigenvalue weighted by atomic mass is 35.5. The average Bonchev–Trinajstić information content (AvgIpc) is 3.05. The standard InChI is InChI=1S/C31H28Cl2N4O2/c1-35-27-16-21(7-13-26(27)34)30-25-17-23(33)10-14-29(25)37(18-20-5-11-24(39-2)12-6-20)31(38)28(36-30)15-19-3-8-22(32)9-4-19/h3-14,16-17,28,35H,15,18,34H2,1-2H3. The molecule has 0 radical (unpaired) electrons. The Kier molecular flexibility index (Phi) is 7.77. The number of nitrogens with two attached hydrogens (primary N) is 1. The summed E-state index contributed by atoms with van der Waals surface area (Å²) >= 11 is 12.6.